The fraction of sp³-hybridized carbons (Fsp3) is 0.125. The van der Waals surface area contributed by atoms with E-state index in [-0.39, 0.29) is 0 Å². The van der Waals surface area contributed by atoms with Crippen molar-refractivity contribution in [3.05, 3.63) is 63.6 Å². The zero-order valence-electron chi connectivity index (χ0n) is 12.2. The van der Waals surface area contributed by atoms with Gasteiger partial charge in [0.1, 0.15) is 5.75 Å². The zero-order chi connectivity index (χ0) is 16.8. The van der Waals surface area contributed by atoms with E-state index in [2.05, 4.69) is 26.8 Å². The summed E-state index contributed by atoms with van der Waals surface area (Å²) in [5.74, 6) is -0.346. The molecule has 2 N–H and O–H groups in total. The van der Waals surface area contributed by atoms with Crippen molar-refractivity contribution in [2.75, 3.05) is 0 Å². The summed E-state index contributed by atoms with van der Waals surface area (Å²) in [6.07, 6.45) is -0.762. The van der Waals surface area contributed by atoms with E-state index in [9.17, 15) is 9.59 Å². The minimum absolute atomic E-state index is 0.385. The first-order chi connectivity index (χ1) is 11.0. The summed E-state index contributed by atoms with van der Waals surface area (Å²) < 4.78 is 6.40. The quantitative estimate of drug-likeness (QED) is 0.778. The van der Waals surface area contributed by atoms with Crippen molar-refractivity contribution in [2.24, 2.45) is 0 Å². The molecule has 5 nitrogen and oxygen atoms in total. The molecule has 0 aromatic heterocycles. The Morgan fingerprint density at radius 2 is 1.65 bits per heavy atom. The molecule has 0 fully saturated rings. The molecule has 2 aromatic carbocycles. The zero-order valence-corrected chi connectivity index (χ0v) is 14.5. The minimum atomic E-state index is -0.762. The first-order valence-electron chi connectivity index (χ1n) is 6.73. The minimum Gasteiger partial charge on any atom is -0.481 e. The van der Waals surface area contributed by atoms with E-state index < -0.39 is 17.9 Å². The molecule has 0 saturated heterocycles. The molecule has 0 heterocycles. The number of carbonyl (C=O) groups excluding carboxylic acids is 2. The van der Waals surface area contributed by atoms with Crippen LogP contribution in [0.1, 0.15) is 17.3 Å². The Morgan fingerprint density at radius 3 is 2.26 bits per heavy atom. The van der Waals surface area contributed by atoms with Crippen LogP contribution >= 0.6 is 27.5 Å². The predicted octanol–water partition coefficient (Wildman–Crippen LogP) is 3.33. The lowest BCUT2D eigenvalue weighted by Crippen LogP contribution is -2.47. The summed E-state index contributed by atoms with van der Waals surface area (Å²) in [6, 6.07) is 13.4. The molecule has 23 heavy (non-hydrogen) atoms. The third kappa shape index (κ3) is 5.26. The second-order valence-electron chi connectivity index (χ2n) is 4.66. The van der Waals surface area contributed by atoms with Crippen molar-refractivity contribution < 1.29 is 14.3 Å². The van der Waals surface area contributed by atoms with Crippen molar-refractivity contribution in [1.29, 1.82) is 0 Å². The monoisotopic (exact) mass is 396 g/mol. The number of hydrazine groups is 1. The molecule has 0 spiro atoms. The maximum atomic E-state index is 11.9. The number of hydrogen-bond donors (Lipinski definition) is 2. The van der Waals surface area contributed by atoms with E-state index in [0.717, 1.165) is 4.47 Å². The Morgan fingerprint density at radius 1 is 1.04 bits per heavy atom. The highest BCUT2D eigenvalue weighted by Gasteiger charge is 2.15. The lowest BCUT2D eigenvalue weighted by Gasteiger charge is -2.15. The molecule has 2 aromatic rings. The van der Waals surface area contributed by atoms with Gasteiger partial charge in [-0.15, -0.1) is 0 Å². The molecule has 0 saturated carbocycles. The fourth-order valence-corrected chi connectivity index (χ4v) is 2.05. The van der Waals surface area contributed by atoms with Crippen LogP contribution in [0.2, 0.25) is 5.02 Å². The van der Waals surface area contributed by atoms with Crippen LogP contribution < -0.4 is 15.6 Å². The lowest BCUT2D eigenvalue weighted by atomic mass is 10.2. The van der Waals surface area contributed by atoms with Gasteiger partial charge in [-0.25, -0.2) is 0 Å². The van der Waals surface area contributed by atoms with Crippen molar-refractivity contribution in [3.63, 3.8) is 0 Å². The van der Waals surface area contributed by atoms with Gasteiger partial charge in [-0.2, -0.15) is 0 Å². The highest BCUT2D eigenvalue weighted by molar-refractivity contribution is 9.10. The number of rotatable bonds is 4. The van der Waals surface area contributed by atoms with Crippen molar-refractivity contribution in [1.82, 2.24) is 10.9 Å². The summed E-state index contributed by atoms with van der Waals surface area (Å²) in [5.41, 5.74) is 5.03. The molecule has 0 aliphatic heterocycles. The smallest absolute Gasteiger partial charge is 0.279 e. The molecule has 0 radical (unpaired) electrons. The van der Waals surface area contributed by atoms with Crippen LogP contribution in [0.5, 0.6) is 5.75 Å². The van der Waals surface area contributed by atoms with Crippen molar-refractivity contribution in [2.45, 2.75) is 13.0 Å². The first-order valence-corrected chi connectivity index (χ1v) is 7.91. The van der Waals surface area contributed by atoms with E-state index in [1.54, 1.807) is 43.3 Å². The molecule has 0 bridgehead atoms. The van der Waals surface area contributed by atoms with Gasteiger partial charge in [0.15, 0.2) is 6.10 Å². The maximum Gasteiger partial charge on any atom is 0.279 e. The molecule has 0 aliphatic carbocycles. The van der Waals surface area contributed by atoms with Gasteiger partial charge in [-0.1, -0.05) is 27.5 Å². The van der Waals surface area contributed by atoms with Crippen LogP contribution in [-0.2, 0) is 4.79 Å². The molecule has 2 amide bonds. The summed E-state index contributed by atoms with van der Waals surface area (Å²) in [6.45, 7) is 1.59. The summed E-state index contributed by atoms with van der Waals surface area (Å²) >= 11 is 9.07. The second-order valence-corrected chi connectivity index (χ2v) is 6.02. The maximum absolute atomic E-state index is 11.9. The molecular formula is C16H14BrClN2O3. The average Bonchev–Trinajstić information content (AvgIpc) is 2.55. The van der Waals surface area contributed by atoms with E-state index >= 15 is 0 Å². The van der Waals surface area contributed by atoms with Crippen LogP contribution in [0.4, 0.5) is 0 Å². The van der Waals surface area contributed by atoms with Crippen molar-refractivity contribution >= 4 is 39.3 Å². The van der Waals surface area contributed by atoms with Crippen LogP contribution in [0.25, 0.3) is 0 Å². The summed E-state index contributed by atoms with van der Waals surface area (Å²) in [5, 5.41) is 0.530. The number of ether oxygens (including phenoxy) is 1. The van der Waals surface area contributed by atoms with Gasteiger partial charge in [0.05, 0.1) is 0 Å². The van der Waals surface area contributed by atoms with Crippen LogP contribution in [0.15, 0.2) is 53.0 Å². The number of benzene rings is 2. The number of amides is 2. The SMILES string of the molecule is CC(Oc1ccc(Br)cc1)C(=O)NNC(=O)c1ccc(Cl)cc1. The van der Waals surface area contributed by atoms with E-state index in [1.165, 1.54) is 0 Å². The Bertz CT molecular complexity index is 689. The van der Waals surface area contributed by atoms with E-state index in [4.69, 9.17) is 16.3 Å². The molecular weight excluding hydrogens is 384 g/mol. The van der Waals surface area contributed by atoms with E-state index in [1.807, 2.05) is 12.1 Å². The average molecular weight is 398 g/mol. The first kappa shape index (κ1) is 17.3. The summed E-state index contributed by atoms with van der Waals surface area (Å²) in [4.78, 5) is 23.8. The van der Waals surface area contributed by atoms with Gasteiger partial charge < -0.3 is 4.74 Å². The van der Waals surface area contributed by atoms with Gasteiger partial charge in [0, 0.05) is 15.1 Å². The Labute approximate surface area is 147 Å². The normalized spacial score (nSPS) is 11.4. The van der Waals surface area contributed by atoms with Crippen LogP contribution in [-0.4, -0.2) is 17.9 Å². The van der Waals surface area contributed by atoms with Crippen LogP contribution in [0, 0.1) is 0 Å². The Kier molecular flexibility index (Phi) is 6.01. The van der Waals surface area contributed by atoms with Gasteiger partial charge >= 0.3 is 0 Å². The number of nitrogens with one attached hydrogen (secondary N) is 2. The highest BCUT2D eigenvalue weighted by atomic mass is 79.9. The standard InChI is InChI=1S/C16H14BrClN2O3/c1-10(23-14-8-4-12(17)5-9-14)15(21)19-20-16(22)11-2-6-13(18)7-3-11/h2-10H,1H3,(H,19,21)(H,20,22). The van der Waals surface area contributed by atoms with Gasteiger partial charge in [-0.05, 0) is 55.5 Å². The van der Waals surface area contributed by atoms with Gasteiger partial charge in [0.25, 0.3) is 11.8 Å². The van der Waals surface area contributed by atoms with Gasteiger partial charge in [0.2, 0.25) is 0 Å². The highest BCUT2D eigenvalue weighted by Crippen LogP contribution is 2.17. The third-order valence-corrected chi connectivity index (χ3v) is 3.68. The lowest BCUT2D eigenvalue weighted by molar-refractivity contribution is -0.128. The molecule has 2 rings (SSSR count). The number of hydrogen-bond acceptors (Lipinski definition) is 3. The molecule has 7 heteroatoms. The van der Waals surface area contributed by atoms with Crippen molar-refractivity contribution in [3.8, 4) is 5.75 Å². The topological polar surface area (TPSA) is 67.4 Å². The largest absolute Gasteiger partial charge is 0.481 e. The summed E-state index contributed by atoms with van der Waals surface area (Å²) in [7, 11) is 0. The number of carbonyl (C=O) groups is 2. The van der Waals surface area contributed by atoms with Gasteiger partial charge in [-0.3, -0.25) is 20.4 Å². The Hall–Kier alpha value is -2.05. The number of halogens is 2. The Balaban J connectivity index is 1.84. The fourth-order valence-electron chi connectivity index (χ4n) is 1.66. The molecule has 0 aliphatic rings. The predicted molar refractivity (Wildman–Crippen MR) is 91.3 cm³/mol. The van der Waals surface area contributed by atoms with Crippen LogP contribution in [0.3, 0.4) is 0 Å². The third-order valence-electron chi connectivity index (χ3n) is 2.90. The molecule has 120 valence electrons. The second kappa shape index (κ2) is 7.99. The molecule has 1 unspecified atom stereocenters. The van der Waals surface area contributed by atoms with E-state index in [0.29, 0.717) is 16.3 Å². The molecule has 1 atom stereocenters.